The third kappa shape index (κ3) is 4.95. The highest BCUT2D eigenvalue weighted by atomic mass is 35.5. The number of anilines is 1. The largest absolute Gasteiger partial charge is 0.480 e. The van der Waals surface area contributed by atoms with Crippen molar-refractivity contribution in [1.29, 1.82) is 0 Å². The lowest BCUT2D eigenvalue weighted by molar-refractivity contribution is -0.122. The molecule has 2 atom stereocenters. The molecule has 25 heavy (non-hydrogen) atoms. The number of benzene rings is 2. The van der Waals surface area contributed by atoms with Crippen LogP contribution >= 0.6 is 11.6 Å². The molecule has 1 amide bonds. The first-order chi connectivity index (χ1) is 12.0. The van der Waals surface area contributed by atoms with E-state index in [1.807, 2.05) is 31.2 Å². The van der Waals surface area contributed by atoms with Crippen LogP contribution in [0.2, 0.25) is 5.02 Å². The number of amides is 1. The summed E-state index contributed by atoms with van der Waals surface area (Å²) in [6.45, 7) is 6.13. The topological polar surface area (TPSA) is 38.3 Å². The van der Waals surface area contributed by atoms with Crippen molar-refractivity contribution in [3.63, 3.8) is 0 Å². The number of carbonyl (C=O) groups excluding carboxylic acids is 1. The molecule has 2 aromatic carbocycles. The predicted molar refractivity (Wildman–Crippen MR) is 99.9 cm³/mol. The summed E-state index contributed by atoms with van der Waals surface area (Å²) < 4.78 is 19.2. The second kappa shape index (κ2) is 8.86. The molecule has 0 aliphatic heterocycles. The number of nitrogens with one attached hydrogen (secondary N) is 1. The Kier molecular flexibility index (Phi) is 6.82. The van der Waals surface area contributed by atoms with Crippen LogP contribution in [0.5, 0.6) is 5.75 Å². The van der Waals surface area contributed by atoms with Crippen LogP contribution in [-0.4, -0.2) is 12.0 Å². The Labute approximate surface area is 153 Å². The molecule has 2 rings (SSSR count). The van der Waals surface area contributed by atoms with Crippen molar-refractivity contribution in [2.45, 2.75) is 45.6 Å². The van der Waals surface area contributed by atoms with Gasteiger partial charge in [-0.15, -0.1) is 0 Å². The number of carbonyl (C=O) groups is 1. The fraction of sp³-hybridized carbons (Fsp3) is 0.350. The van der Waals surface area contributed by atoms with Crippen molar-refractivity contribution in [2.75, 3.05) is 5.32 Å². The second-order valence-corrected chi connectivity index (χ2v) is 6.39. The van der Waals surface area contributed by atoms with Crippen LogP contribution < -0.4 is 10.1 Å². The van der Waals surface area contributed by atoms with Crippen molar-refractivity contribution in [3.8, 4) is 5.75 Å². The molecular formula is C20H23ClFNO2. The second-order valence-electron chi connectivity index (χ2n) is 5.98. The average molecular weight is 364 g/mol. The molecule has 0 radical (unpaired) electrons. The third-order valence-corrected chi connectivity index (χ3v) is 4.47. The van der Waals surface area contributed by atoms with E-state index in [-0.39, 0.29) is 10.9 Å². The Morgan fingerprint density at radius 2 is 1.92 bits per heavy atom. The summed E-state index contributed by atoms with van der Waals surface area (Å²) in [5, 5.41) is 2.70. The minimum absolute atomic E-state index is 0.0334. The van der Waals surface area contributed by atoms with Gasteiger partial charge < -0.3 is 10.1 Å². The van der Waals surface area contributed by atoms with Crippen LogP contribution in [0.4, 0.5) is 10.1 Å². The summed E-state index contributed by atoms with van der Waals surface area (Å²) in [5.41, 5.74) is 1.52. The maximum Gasteiger partial charge on any atom is 0.265 e. The van der Waals surface area contributed by atoms with E-state index in [0.717, 1.165) is 17.7 Å². The quantitative estimate of drug-likeness (QED) is 0.676. The molecule has 0 fully saturated rings. The molecule has 2 aromatic rings. The molecule has 1 N–H and O–H groups in total. The molecule has 0 bridgehead atoms. The molecule has 0 saturated heterocycles. The lowest BCUT2D eigenvalue weighted by Crippen LogP contribution is -2.32. The van der Waals surface area contributed by atoms with Gasteiger partial charge in [0.1, 0.15) is 11.6 Å². The fourth-order valence-electron chi connectivity index (χ4n) is 2.49. The van der Waals surface area contributed by atoms with Crippen molar-refractivity contribution in [1.82, 2.24) is 0 Å². The number of rotatable bonds is 7. The fourth-order valence-corrected chi connectivity index (χ4v) is 2.67. The van der Waals surface area contributed by atoms with Gasteiger partial charge in [0.25, 0.3) is 5.91 Å². The first-order valence-corrected chi connectivity index (χ1v) is 8.85. The summed E-state index contributed by atoms with van der Waals surface area (Å²) in [6, 6.07) is 11.8. The first-order valence-electron chi connectivity index (χ1n) is 8.47. The van der Waals surface area contributed by atoms with E-state index in [1.165, 1.54) is 18.2 Å². The third-order valence-electron chi connectivity index (χ3n) is 4.18. The van der Waals surface area contributed by atoms with Gasteiger partial charge in [0.15, 0.2) is 6.10 Å². The number of ether oxygens (including phenoxy) is 1. The van der Waals surface area contributed by atoms with Crippen molar-refractivity contribution < 1.29 is 13.9 Å². The zero-order chi connectivity index (χ0) is 18.4. The number of hydrogen-bond donors (Lipinski definition) is 1. The Hall–Kier alpha value is -2.07. The van der Waals surface area contributed by atoms with Crippen LogP contribution in [0.15, 0.2) is 42.5 Å². The minimum Gasteiger partial charge on any atom is -0.480 e. The Balaban J connectivity index is 2.14. The smallest absolute Gasteiger partial charge is 0.265 e. The van der Waals surface area contributed by atoms with Crippen LogP contribution in [0, 0.1) is 5.82 Å². The van der Waals surface area contributed by atoms with Crippen LogP contribution in [0.1, 0.15) is 45.1 Å². The van der Waals surface area contributed by atoms with Gasteiger partial charge in [-0.05, 0) is 48.6 Å². The van der Waals surface area contributed by atoms with E-state index < -0.39 is 11.9 Å². The van der Waals surface area contributed by atoms with Crippen molar-refractivity contribution in [2.24, 2.45) is 0 Å². The monoisotopic (exact) mass is 363 g/mol. The van der Waals surface area contributed by atoms with Crippen molar-refractivity contribution >= 4 is 23.2 Å². The summed E-state index contributed by atoms with van der Waals surface area (Å²) >= 11 is 5.75. The van der Waals surface area contributed by atoms with Crippen LogP contribution in [0.3, 0.4) is 0 Å². The molecule has 2 unspecified atom stereocenters. The molecule has 0 heterocycles. The summed E-state index contributed by atoms with van der Waals surface area (Å²) in [4.78, 5) is 12.5. The maximum absolute atomic E-state index is 13.2. The molecule has 0 spiro atoms. The lowest BCUT2D eigenvalue weighted by Gasteiger charge is -2.21. The molecular weight excluding hydrogens is 341 g/mol. The van der Waals surface area contributed by atoms with E-state index in [0.29, 0.717) is 18.0 Å². The predicted octanol–water partition coefficient (Wildman–Crippen LogP) is 5.79. The molecule has 0 aliphatic carbocycles. The normalized spacial score (nSPS) is 13.2. The summed E-state index contributed by atoms with van der Waals surface area (Å²) in [6.07, 6.45) is 0.849. The molecule has 0 aliphatic rings. The van der Waals surface area contributed by atoms with E-state index in [9.17, 15) is 9.18 Å². The average Bonchev–Trinajstić information content (AvgIpc) is 2.62. The number of para-hydroxylation sites is 1. The number of halogens is 2. The van der Waals surface area contributed by atoms with Gasteiger partial charge in [0.05, 0.1) is 5.02 Å². The van der Waals surface area contributed by atoms with E-state index in [2.05, 4.69) is 19.2 Å². The van der Waals surface area contributed by atoms with Gasteiger partial charge in [-0.1, -0.05) is 50.6 Å². The van der Waals surface area contributed by atoms with Gasteiger partial charge in [-0.3, -0.25) is 4.79 Å². The molecule has 0 aromatic heterocycles. The highest BCUT2D eigenvalue weighted by Crippen LogP contribution is 2.29. The zero-order valence-electron chi connectivity index (χ0n) is 14.7. The molecule has 0 saturated carbocycles. The molecule has 3 nitrogen and oxygen atoms in total. The SMILES string of the molecule is CCC(Oc1ccccc1C(C)CC)C(=O)Nc1ccc(F)c(Cl)c1. The Bertz CT molecular complexity index is 735. The van der Waals surface area contributed by atoms with Gasteiger partial charge in [-0.25, -0.2) is 4.39 Å². The first kappa shape index (κ1) is 19.3. The standard InChI is InChI=1S/C20H23ClFNO2/c1-4-13(3)15-8-6-7-9-19(15)25-18(5-2)20(24)23-14-10-11-17(22)16(21)12-14/h6-13,18H,4-5H2,1-3H3,(H,23,24). The van der Waals surface area contributed by atoms with Gasteiger partial charge >= 0.3 is 0 Å². The van der Waals surface area contributed by atoms with Gasteiger partial charge in [0.2, 0.25) is 0 Å². The van der Waals surface area contributed by atoms with Crippen LogP contribution in [-0.2, 0) is 4.79 Å². The van der Waals surface area contributed by atoms with Crippen LogP contribution in [0.25, 0.3) is 0 Å². The highest BCUT2D eigenvalue weighted by Gasteiger charge is 2.21. The Morgan fingerprint density at radius 3 is 2.56 bits per heavy atom. The lowest BCUT2D eigenvalue weighted by atomic mass is 9.98. The zero-order valence-corrected chi connectivity index (χ0v) is 15.4. The molecule has 134 valence electrons. The van der Waals surface area contributed by atoms with E-state index >= 15 is 0 Å². The summed E-state index contributed by atoms with van der Waals surface area (Å²) in [7, 11) is 0. The van der Waals surface area contributed by atoms with Gasteiger partial charge in [0, 0.05) is 5.69 Å². The minimum atomic E-state index is -0.644. The maximum atomic E-state index is 13.2. The van der Waals surface area contributed by atoms with E-state index in [4.69, 9.17) is 16.3 Å². The number of hydrogen-bond acceptors (Lipinski definition) is 2. The summed E-state index contributed by atoms with van der Waals surface area (Å²) in [5.74, 6) is 0.248. The van der Waals surface area contributed by atoms with E-state index in [1.54, 1.807) is 0 Å². The van der Waals surface area contributed by atoms with Gasteiger partial charge in [-0.2, -0.15) is 0 Å². The highest BCUT2D eigenvalue weighted by molar-refractivity contribution is 6.31. The Morgan fingerprint density at radius 1 is 1.20 bits per heavy atom. The molecule has 5 heteroatoms. The van der Waals surface area contributed by atoms with Crippen molar-refractivity contribution in [3.05, 3.63) is 58.9 Å².